The molecule has 2 aliphatic rings. The quantitative estimate of drug-likeness (QED) is 0.268. The average Bonchev–Trinajstić information content (AvgIpc) is 3.08. The summed E-state index contributed by atoms with van der Waals surface area (Å²) in [5, 5.41) is 20.5. The molecular formula is C24H16O12S2-2. The summed E-state index contributed by atoms with van der Waals surface area (Å²) in [6.07, 6.45) is 0. The summed E-state index contributed by atoms with van der Waals surface area (Å²) in [6.45, 7) is 3.30. The Kier molecular flexibility index (Phi) is 5.41. The van der Waals surface area contributed by atoms with Gasteiger partial charge in [0.05, 0.1) is 5.56 Å². The molecule has 198 valence electrons. The predicted molar refractivity (Wildman–Crippen MR) is 123 cm³/mol. The lowest BCUT2D eigenvalue weighted by Crippen LogP contribution is -2.34. The number of fused-ring (bicyclic) bond motifs is 6. The van der Waals surface area contributed by atoms with Crippen molar-refractivity contribution in [3.05, 3.63) is 70.3 Å². The zero-order chi connectivity index (χ0) is 27.9. The monoisotopic (exact) mass is 560 g/mol. The van der Waals surface area contributed by atoms with E-state index in [9.17, 15) is 45.7 Å². The zero-order valence-corrected chi connectivity index (χ0v) is 21.0. The number of rotatable bonds is 4. The molecule has 3 aromatic rings. The summed E-state index contributed by atoms with van der Waals surface area (Å²) in [5.41, 5.74) is -2.79. The fourth-order valence-corrected chi connectivity index (χ4v) is 6.15. The third-order valence-electron chi connectivity index (χ3n) is 6.32. The highest BCUT2D eigenvalue weighted by Crippen LogP contribution is 2.60. The SMILES string of the molecule is CC(C)C(=O)c1ccc2c(c1)C(=O)OC21c2ccc(O)c(S(=O)(=O)[O-])c2Oc2c1ccc(O)c2S(=O)(=O)[O-]. The predicted octanol–water partition coefficient (Wildman–Crippen LogP) is 2.31. The fraction of sp³-hybridized carbons (Fsp3) is 0.167. The van der Waals surface area contributed by atoms with Gasteiger partial charge in [0, 0.05) is 28.2 Å². The van der Waals surface area contributed by atoms with Gasteiger partial charge < -0.3 is 28.8 Å². The van der Waals surface area contributed by atoms with E-state index in [1.807, 2.05) is 0 Å². The molecule has 0 atom stereocenters. The molecule has 5 rings (SSSR count). The van der Waals surface area contributed by atoms with Crippen LogP contribution < -0.4 is 4.74 Å². The fourth-order valence-electron chi connectivity index (χ4n) is 4.75. The highest BCUT2D eigenvalue weighted by Gasteiger charge is 2.55. The van der Waals surface area contributed by atoms with Gasteiger partial charge in [-0.3, -0.25) is 4.79 Å². The molecule has 0 amide bonds. The van der Waals surface area contributed by atoms with Crippen LogP contribution in [0.3, 0.4) is 0 Å². The number of aromatic hydroxyl groups is 2. The smallest absolute Gasteiger partial charge is 0.340 e. The van der Waals surface area contributed by atoms with E-state index in [4.69, 9.17) is 9.47 Å². The average molecular weight is 561 g/mol. The van der Waals surface area contributed by atoms with Crippen molar-refractivity contribution in [1.82, 2.24) is 0 Å². The third kappa shape index (κ3) is 3.49. The Hall–Kier alpha value is -3.98. The lowest BCUT2D eigenvalue weighted by Gasteiger charge is -2.38. The van der Waals surface area contributed by atoms with Gasteiger partial charge in [-0.15, -0.1) is 0 Å². The number of hydrogen-bond acceptors (Lipinski definition) is 12. The van der Waals surface area contributed by atoms with Crippen molar-refractivity contribution < 1.29 is 55.2 Å². The number of hydrogen-bond donors (Lipinski definition) is 2. The van der Waals surface area contributed by atoms with Gasteiger partial charge in [0.15, 0.2) is 22.9 Å². The summed E-state index contributed by atoms with van der Waals surface area (Å²) in [6, 6.07) is 7.82. The molecule has 2 heterocycles. The van der Waals surface area contributed by atoms with Crippen molar-refractivity contribution in [3.8, 4) is 23.0 Å². The van der Waals surface area contributed by atoms with Crippen molar-refractivity contribution >= 4 is 32.0 Å². The third-order valence-corrected chi connectivity index (χ3v) is 8.11. The number of phenols is 2. The van der Waals surface area contributed by atoms with Crippen molar-refractivity contribution in [2.75, 3.05) is 0 Å². The molecule has 0 aliphatic carbocycles. The second-order valence-corrected chi connectivity index (χ2v) is 11.6. The number of phenolic OH excluding ortho intramolecular Hbond substituents is 2. The van der Waals surface area contributed by atoms with Crippen molar-refractivity contribution in [2.24, 2.45) is 5.92 Å². The van der Waals surface area contributed by atoms with E-state index in [0.29, 0.717) is 0 Å². The summed E-state index contributed by atoms with van der Waals surface area (Å²) in [4.78, 5) is 23.1. The zero-order valence-electron chi connectivity index (χ0n) is 19.4. The molecule has 0 saturated carbocycles. The van der Waals surface area contributed by atoms with Crippen LogP contribution in [0, 0.1) is 5.92 Å². The van der Waals surface area contributed by atoms with Gasteiger partial charge in [0.25, 0.3) is 0 Å². The second kappa shape index (κ2) is 8.01. The number of carbonyl (C=O) groups is 2. The van der Waals surface area contributed by atoms with Gasteiger partial charge in [-0.1, -0.05) is 26.0 Å². The first-order valence-electron chi connectivity index (χ1n) is 10.8. The van der Waals surface area contributed by atoms with Crippen LogP contribution in [0.4, 0.5) is 0 Å². The van der Waals surface area contributed by atoms with Gasteiger partial charge in [0.2, 0.25) is 0 Å². The number of benzene rings is 3. The van der Waals surface area contributed by atoms with E-state index < -0.39 is 70.5 Å². The second-order valence-electron chi connectivity index (χ2n) is 8.94. The topological polar surface area (TPSA) is 207 Å². The molecule has 0 aromatic heterocycles. The van der Waals surface area contributed by atoms with Crippen LogP contribution in [0.15, 0.2) is 52.3 Å². The standard InChI is InChI=1S/C24H18O12S2/c1-10(2)18(27)11-3-4-13-12(9-11)23(28)36-24(13)14-5-7-16(25)21(37(29,30)31)19(14)35-20-15(24)6-8-17(26)22(20)38(32,33)34/h3-10,25-26H,1-2H3,(H,29,30,31)(H,32,33,34)/p-2. The Morgan fingerprint density at radius 1 is 0.842 bits per heavy atom. The highest BCUT2D eigenvalue weighted by molar-refractivity contribution is 7.86. The van der Waals surface area contributed by atoms with Crippen molar-refractivity contribution in [1.29, 1.82) is 0 Å². The summed E-state index contributed by atoms with van der Waals surface area (Å²) < 4.78 is 83.9. The molecule has 2 N–H and O–H groups in total. The van der Waals surface area contributed by atoms with Crippen LogP contribution >= 0.6 is 0 Å². The van der Waals surface area contributed by atoms with Gasteiger partial charge in [-0.05, 0) is 30.3 Å². The molecule has 3 aromatic carbocycles. The Bertz CT molecular complexity index is 1720. The molecule has 0 unspecified atom stereocenters. The van der Waals surface area contributed by atoms with E-state index in [1.54, 1.807) is 13.8 Å². The van der Waals surface area contributed by atoms with Crippen molar-refractivity contribution in [2.45, 2.75) is 29.2 Å². The number of esters is 1. The maximum Gasteiger partial charge on any atom is 0.340 e. The van der Waals surface area contributed by atoms with Crippen LogP contribution in [0.1, 0.15) is 51.3 Å². The van der Waals surface area contributed by atoms with Crippen LogP contribution in [0.25, 0.3) is 0 Å². The molecule has 1 spiro atoms. The van der Waals surface area contributed by atoms with E-state index in [1.165, 1.54) is 18.2 Å². The van der Waals surface area contributed by atoms with Gasteiger partial charge in [-0.25, -0.2) is 21.6 Å². The van der Waals surface area contributed by atoms with Crippen LogP contribution in [-0.4, -0.2) is 47.9 Å². The van der Waals surface area contributed by atoms with E-state index in [2.05, 4.69) is 0 Å². The van der Waals surface area contributed by atoms with Crippen LogP contribution in [0.5, 0.6) is 23.0 Å². The Morgan fingerprint density at radius 2 is 1.32 bits per heavy atom. The minimum absolute atomic E-state index is 0.00604. The summed E-state index contributed by atoms with van der Waals surface area (Å²) >= 11 is 0. The molecule has 38 heavy (non-hydrogen) atoms. The van der Waals surface area contributed by atoms with Gasteiger partial charge in [-0.2, -0.15) is 0 Å². The largest absolute Gasteiger partial charge is 0.744 e. The van der Waals surface area contributed by atoms with E-state index in [-0.39, 0.29) is 33.6 Å². The number of ketones is 1. The Balaban J connectivity index is 1.96. The minimum Gasteiger partial charge on any atom is -0.744 e. The first-order valence-corrected chi connectivity index (χ1v) is 13.6. The minimum atomic E-state index is -5.50. The van der Waals surface area contributed by atoms with Crippen LogP contribution in [0.2, 0.25) is 0 Å². The number of ether oxygens (including phenoxy) is 2. The lowest BCUT2D eigenvalue weighted by molar-refractivity contribution is 0.0220. The number of carbonyl (C=O) groups excluding carboxylic acids is 2. The molecule has 0 bridgehead atoms. The lowest BCUT2D eigenvalue weighted by atomic mass is 9.77. The molecule has 0 fully saturated rings. The molecular weight excluding hydrogens is 544 g/mol. The molecule has 2 aliphatic heterocycles. The number of Topliss-reactive ketones (excluding diaryl/α,β-unsaturated/α-hetero) is 1. The Morgan fingerprint density at radius 3 is 1.76 bits per heavy atom. The van der Waals surface area contributed by atoms with E-state index in [0.717, 1.165) is 24.3 Å². The summed E-state index contributed by atoms with van der Waals surface area (Å²) in [7, 11) is -11.0. The van der Waals surface area contributed by atoms with Gasteiger partial charge in [0.1, 0.15) is 41.5 Å². The van der Waals surface area contributed by atoms with E-state index >= 15 is 0 Å². The normalized spacial score (nSPS) is 15.4. The van der Waals surface area contributed by atoms with Crippen molar-refractivity contribution in [3.63, 3.8) is 0 Å². The Labute approximate surface area is 215 Å². The molecule has 12 nitrogen and oxygen atoms in total. The summed E-state index contributed by atoms with van der Waals surface area (Å²) in [5.74, 6) is -5.68. The maximum absolute atomic E-state index is 13.2. The first-order chi connectivity index (χ1) is 17.6. The molecule has 14 heteroatoms. The highest BCUT2D eigenvalue weighted by atomic mass is 32.2. The van der Waals surface area contributed by atoms with Crippen LogP contribution in [-0.2, 0) is 30.6 Å². The maximum atomic E-state index is 13.2. The molecule has 0 saturated heterocycles. The van der Waals surface area contributed by atoms with Gasteiger partial charge >= 0.3 is 5.97 Å². The molecule has 0 radical (unpaired) electrons. The first kappa shape index (κ1) is 25.7.